The molecule has 1 fully saturated rings. The van der Waals surface area contributed by atoms with Gasteiger partial charge in [-0.3, -0.25) is 9.78 Å². The van der Waals surface area contributed by atoms with Crippen molar-refractivity contribution in [3.8, 4) is 0 Å². The van der Waals surface area contributed by atoms with E-state index in [0.29, 0.717) is 60.9 Å². The number of aromatic nitrogens is 2. The summed E-state index contributed by atoms with van der Waals surface area (Å²) in [7, 11) is 0. The number of carbonyl (C=O) groups excluding carboxylic acids is 1. The predicted molar refractivity (Wildman–Crippen MR) is 127 cm³/mol. The number of nitrogens with zero attached hydrogens (tertiary/aromatic N) is 3. The predicted octanol–water partition coefficient (Wildman–Crippen LogP) is 4.63. The van der Waals surface area contributed by atoms with Crippen LogP contribution in [0.4, 0.5) is 19.0 Å². The molecule has 1 amide bonds. The van der Waals surface area contributed by atoms with Gasteiger partial charge in [-0.15, -0.1) is 0 Å². The Kier molecular flexibility index (Phi) is 6.34. The van der Waals surface area contributed by atoms with E-state index in [9.17, 15) is 23.1 Å². The number of nitrogens with two attached hydrogens (primary N) is 1. The number of alkyl halides is 3. The number of aliphatic hydroxyl groups is 1. The van der Waals surface area contributed by atoms with Gasteiger partial charge in [-0.2, -0.15) is 13.2 Å². The van der Waals surface area contributed by atoms with Crippen molar-refractivity contribution in [1.29, 1.82) is 0 Å². The van der Waals surface area contributed by atoms with Gasteiger partial charge in [0.15, 0.2) is 0 Å². The van der Waals surface area contributed by atoms with Crippen molar-refractivity contribution < 1.29 is 27.8 Å². The maximum Gasteiger partial charge on any atom is 0.417 e. The standard InChI is InChI=1S/C26H27F3N4O3/c1-14-23-21(13-36-14)20-10-16(2-5-22(20)32-24(23)30)25(35)33(7-6-15-8-19(34)9-15)12-18-4-3-17(11-31-18)26(27,28)29/h2-5,10-11,14-15,19,34H,6-9,12-13H2,1H3,(H2,30,32). The molecule has 0 spiro atoms. The normalized spacial score (nSPS) is 21.3. The van der Waals surface area contributed by atoms with E-state index >= 15 is 0 Å². The van der Waals surface area contributed by atoms with E-state index in [1.807, 2.05) is 6.92 Å². The zero-order valence-electron chi connectivity index (χ0n) is 19.8. The molecule has 2 aliphatic rings. The Hall–Kier alpha value is -3.24. The van der Waals surface area contributed by atoms with Gasteiger partial charge in [0, 0.05) is 29.3 Å². The van der Waals surface area contributed by atoms with Crippen LogP contribution in [0.25, 0.3) is 10.9 Å². The summed E-state index contributed by atoms with van der Waals surface area (Å²) in [4.78, 5) is 23.7. The highest BCUT2D eigenvalue weighted by Crippen LogP contribution is 2.38. The van der Waals surface area contributed by atoms with Crippen LogP contribution in [0.2, 0.25) is 0 Å². The van der Waals surface area contributed by atoms with Crippen LogP contribution in [-0.2, 0) is 24.1 Å². The third-order valence-corrected chi connectivity index (χ3v) is 7.11. The Bertz CT molecular complexity index is 1290. The fourth-order valence-electron chi connectivity index (χ4n) is 4.99. The van der Waals surface area contributed by atoms with E-state index in [4.69, 9.17) is 10.5 Å². The van der Waals surface area contributed by atoms with Gasteiger partial charge in [-0.1, -0.05) is 0 Å². The second-order valence-electron chi connectivity index (χ2n) is 9.62. The zero-order valence-corrected chi connectivity index (χ0v) is 19.8. The van der Waals surface area contributed by atoms with Crippen LogP contribution in [0.3, 0.4) is 0 Å². The molecule has 2 aromatic heterocycles. The summed E-state index contributed by atoms with van der Waals surface area (Å²) in [6.45, 7) is 2.75. The molecule has 1 unspecified atom stereocenters. The monoisotopic (exact) mass is 500 g/mol. The lowest BCUT2D eigenvalue weighted by Gasteiger charge is -2.33. The van der Waals surface area contributed by atoms with Crippen LogP contribution in [0, 0.1) is 5.92 Å². The number of hydrogen-bond acceptors (Lipinski definition) is 6. The number of anilines is 1. The first kappa shape index (κ1) is 24.5. The lowest BCUT2D eigenvalue weighted by Crippen LogP contribution is -2.36. The minimum Gasteiger partial charge on any atom is -0.393 e. The Morgan fingerprint density at radius 2 is 2.03 bits per heavy atom. The lowest BCUT2D eigenvalue weighted by molar-refractivity contribution is -0.137. The molecule has 1 aliphatic heterocycles. The first-order chi connectivity index (χ1) is 17.1. The topological polar surface area (TPSA) is 102 Å². The van der Waals surface area contributed by atoms with Crippen LogP contribution in [0.5, 0.6) is 0 Å². The van der Waals surface area contributed by atoms with Crippen LogP contribution >= 0.6 is 0 Å². The summed E-state index contributed by atoms with van der Waals surface area (Å²) in [6.07, 6.45) is -2.11. The van der Waals surface area contributed by atoms with Crippen molar-refractivity contribution in [2.45, 2.75) is 57.7 Å². The number of halogens is 3. The Morgan fingerprint density at radius 1 is 1.25 bits per heavy atom. The molecule has 1 atom stereocenters. The number of nitrogen functional groups attached to an aromatic ring is 1. The molecular weight excluding hydrogens is 473 g/mol. The van der Waals surface area contributed by atoms with Gasteiger partial charge < -0.3 is 20.5 Å². The van der Waals surface area contributed by atoms with E-state index in [-0.39, 0.29) is 24.7 Å². The summed E-state index contributed by atoms with van der Waals surface area (Å²) in [5.41, 5.74) is 8.52. The van der Waals surface area contributed by atoms with Gasteiger partial charge in [0.05, 0.1) is 42.1 Å². The maximum absolute atomic E-state index is 13.6. The minimum absolute atomic E-state index is 0.0719. The average Bonchev–Trinajstić information content (AvgIpc) is 3.22. The molecule has 10 heteroatoms. The van der Waals surface area contributed by atoms with Gasteiger partial charge in [0.2, 0.25) is 0 Å². The molecule has 0 bridgehead atoms. The maximum atomic E-state index is 13.6. The van der Waals surface area contributed by atoms with Crippen molar-refractivity contribution in [1.82, 2.24) is 14.9 Å². The number of benzene rings is 1. The number of pyridine rings is 2. The van der Waals surface area contributed by atoms with Gasteiger partial charge in [-0.05, 0) is 68.0 Å². The molecule has 0 saturated heterocycles. The van der Waals surface area contributed by atoms with Crippen molar-refractivity contribution in [3.05, 3.63) is 64.5 Å². The number of aliphatic hydroxyl groups excluding tert-OH is 1. The fourth-order valence-corrected chi connectivity index (χ4v) is 4.99. The van der Waals surface area contributed by atoms with Crippen LogP contribution in [0.1, 0.15) is 65.0 Å². The number of fused-ring (bicyclic) bond motifs is 3. The zero-order chi connectivity index (χ0) is 25.6. The molecule has 1 saturated carbocycles. The van der Waals surface area contributed by atoms with Crippen molar-refractivity contribution in [2.24, 2.45) is 5.92 Å². The Morgan fingerprint density at radius 3 is 2.69 bits per heavy atom. The molecule has 190 valence electrons. The molecule has 36 heavy (non-hydrogen) atoms. The molecule has 7 nitrogen and oxygen atoms in total. The first-order valence-electron chi connectivity index (χ1n) is 11.9. The molecule has 3 aromatic rings. The second-order valence-corrected chi connectivity index (χ2v) is 9.62. The highest BCUT2D eigenvalue weighted by molar-refractivity contribution is 5.99. The summed E-state index contributed by atoms with van der Waals surface area (Å²) < 4.78 is 44.6. The number of amides is 1. The third kappa shape index (κ3) is 4.75. The van der Waals surface area contributed by atoms with Crippen molar-refractivity contribution in [2.75, 3.05) is 12.3 Å². The molecule has 0 radical (unpaired) electrons. The van der Waals surface area contributed by atoms with E-state index in [2.05, 4.69) is 9.97 Å². The molecule has 1 aliphatic carbocycles. The molecule has 5 rings (SSSR count). The highest BCUT2D eigenvalue weighted by atomic mass is 19.4. The Balaban J connectivity index is 1.43. The van der Waals surface area contributed by atoms with Crippen molar-refractivity contribution >= 4 is 22.6 Å². The third-order valence-electron chi connectivity index (χ3n) is 7.11. The largest absolute Gasteiger partial charge is 0.417 e. The summed E-state index contributed by atoms with van der Waals surface area (Å²) in [5, 5.41) is 10.4. The van der Waals surface area contributed by atoms with Gasteiger partial charge in [0.25, 0.3) is 5.91 Å². The van der Waals surface area contributed by atoms with Crippen LogP contribution < -0.4 is 5.73 Å². The van der Waals surface area contributed by atoms with E-state index in [1.54, 1.807) is 23.1 Å². The number of ether oxygens (including phenoxy) is 1. The van der Waals surface area contributed by atoms with Gasteiger partial charge in [-0.25, -0.2) is 4.98 Å². The van der Waals surface area contributed by atoms with E-state index in [1.165, 1.54) is 6.07 Å². The highest BCUT2D eigenvalue weighted by Gasteiger charge is 2.32. The molecule has 3 heterocycles. The van der Waals surface area contributed by atoms with Gasteiger partial charge >= 0.3 is 6.18 Å². The Labute approximate surface area is 206 Å². The summed E-state index contributed by atoms with van der Waals surface area (Å²) in [6, 6.07) is 7.49. The van der Waals surface area contributed by atoms with E-state index in [0.717, 1.165) is 28.8 Å². The number of rotatable bonds is 6. The number of hydrogen-bond donors (Lipinski definition) is 2. The number of carbonyl (C=O) groups is 1. The second kappa shape index (κ2) is 9.33. The summed E-state index contributed by atoms with van der Waals surface area (Å²) >= 11 is 0. The van der Waals surface area contributed by atoms with E-state index < -0.39 is 11.7 Å². The van der Waals surface area contributed by atoms with Gasteiger partial charge in [0.1, 0.15) is 5.82 Å². The van der Waals surface area contributed by atoms with Crippen molar-refractivity contribution in [3.63, 3.8) is 0 Å². The smallest absolute Gasteiger partial charge is 0.393 e. The van der Waals surface area contributed by atoms with Crippen LogP contribution in [-0.4, -0.2) is 38.5 Å². The lowest BCUT2D eigenvalue weighted by atomic mass is 9.80. The minimum atomic E-state index is -4.48. The fraction of sp³-hybridized carbons (Fsp3) is 0.423. The quantitative estimate of drug-likeness (QED) is 0.512. The SMILES string of the molecule is CC1OCc2c1c(N)nc1ccc(C(=O)N(CCC3CC(O)C3)Cc3ccc(C(F)(F)F)cn3)cc21. The summed E-state index contributed by atoms with van der Waals surface area (Å²) in [5.74, 6) is 0.469. The molecule has 1 aromatic carbocycles. The average molecular weight is 501 g/mol. The first-order valence-corrected chi connectivity index (χ1v) is 11.9. The van der Waals surface area contributed by atoms with Crippen LogP contribution in [0.15, 0.2) is 36.5 Å². The molecular formula is C26H27F3N4O3. The molecule has 3 N–H and O–H groups in total.